The summed E-state index contributed by atoms with van der Waals surface area (Å²) < 4.78 is 0. The highest BCUT2D eigenvalue weighted by Crippen LogP contribution is 2.30. The molecule has 0 unspecified atom stereocenters. The van der Waals surface area contributed by atoms with Gasteiger partial charge in [-0.1, -0.05) is 32.0 Å². The molecule has 3 aromatic rings. The third-order valence-electron chi connectivity index (χ3n) is 3.12. The molecule has 2 heteroatoms. The van der Waals surface area contributed by atoms with Crippen LogP contribution in [0.15, 0.2) is 30.3 Å². The summed E-state index contributed by atoms with van der Waals surface area (Å²) in [6, 6.07) is 10.4. The largest absolute Gasteiger partial charge is 0.353 e. The van der Waals surface area contributed by atoms with E-state index >= 15 is 0 Å². The third-order valence-corrected chi connectivity index (χ3v) is 3.12. The fraction of sp³-hybridized carbons (Fsp3) is 0.200. The molecule has 0 amide bonds. The quantitative estimate of drug-likeness (QED) is 0.663. The van der Waals surface area contributed by atoms with E-state index in [1.807, 2.05) is 6.07 Å². The summed E-state index contributed by atoms with van der Waals surface area (Å²) in [6.07, 6.45) is 0. The predicted molar refractivity (Wildman–Crippen MR) is 72.1 cm³/mol. The van der Waals surface area contributed by atoms with E-state index in [4.69, 9.17) is 0 Å². The van der Waals surface area contributed by atoms with E-state index < -0.39 is 0 Å². The molecule has 85 valence electrons. The van der Waals surface area contributed by atoms with Crippen LogP contribution in [0, 0.1) is 6.92 Å². The molecule has 0 aliphatic carbocycles. The van der Waals surface area contributed by atoms with Crippen LogP contribution in [0.1, 0.15) is 31.2 Å². The number of fused-ring (bicyclic) bond motifs is 3. The predicted octanol–water partition coefficient (Wildman–Crippen LogP) is 4.02. The molecular weight excluding hydrogens is 208 g/mol. The van der Waals surface area contributed by atoms with Crippen LogP contribution in [-0.4, -0.2) is 9.97 Å². The number of pyridine rings is 1. The minimum atomic E-state index is 0.396. The Bertz CT molecular complexity index is 693. The lowest BCUT2D eigenvalue weighted by Crippen LogP contribution is -1.96. The molecule has 0 saturated heterocycles. The summed E-state index contributed by atoms with van der Waals surface area (Å²) in [5.41, 5.74) is 4.25. The Morgan fingerprint density at radius 3 is 2.71 bits per heavy atom. The lowest BCUT2D eigenvalue weighted by molar-refractivity contribution is 0.828. The van der Waals surface area contributed by atoms with Crippen LogP contribution in [0.3, 0.4) is 0 Å². The Morgan fingerprint density at radius 1 is 1.18 bits per heavy atom. The number of nitrogens with one attached hydrogen (secondary N) is 1. The van der Waals surface area contributed by atoms with Gasteiger partial charge in [0.25, 0.3) is 0 Å². The lowest BCUT2D eigenvalue weighted by Gasteiger charge is -2.07. The van der Waals surface area contributed by atoms with Crippen molar-refractivity contribution in [1.82, 2.24) is 9.97 Å². The zero-order chi connectivity index (χ0) is 12.0. The van der Waals surface area contributed by atoms with Crippen LogP contribution >= 0.6 is 0 Å². The van der Waals surface area contributed by atoms with E-state index in [0.717, 1.165) is 22.4 Å². The van der Waals surface area contributed by atoms with Gasteiger partial charge in [0.05, 0.1) is 11.2 Å². The number of rotatable bonds is 1. The minimum absolute atomic E-state index is 0.396. The summed E-state index contributed by atoms with van der Waals surface area (Å²) in [5.74, 6) is 0.396. The number of hydrogen-bond acceptors (Lipinski definition) is 1. The maximum absolute atomic E-state index is 4.55. The molecule has 17 heavy (non-hydrogen) atoms. The number of H-pyrrole nitrogens is 1. The molecule has 2 heterocycles. The normalized spacial score (nSPS) is 11.8. The second-order valence-corrected chi connectivity index (χ2v) is 4.75. The van der Waals surface area contributed by atoms with E-state index in [-0.39, 0.29) is 0 Å². The third kappa shape index (κ3) is 1.52. The first-order valence-electron chi connectivity index (χ1n) is 5.90. The van der Waals surface area contributed by atoms with Crippen molar-refractivity contribution < 1.29 is 0 Å². The number of aromatic amines is 1. The molecule has 0 bridgehead atoms. The minimum Gasteiger partial charge on any atom is -0.353 e. The molecular formula is C15H15N2. The van der Waals surface area contributed by atoms with Gasteiger partial charge in [-0.3, -0.25) is 4.98 Å². The van der Waals surface area contributed by atoms with E-state index in [1.54, 1.807) is 0 Å². The van der Waals surface area contributed by atoms with Crippen LogP contribution in [0.4, 0.5) is 0 Å². The molecule has 1 aromatic carbocycles. The van der Waals surface area contributed by atoms with Crippen molar-refractivity contribution in [2.75, 3.05) is 0 Å². The zero-order valence-corrected chi connectivity index (χ0v) is 10.1. The van der Waals surface area contributed by atoms with Gasteiger partial charge in [-0.25, -0.2) is 0 Å². The van der Waals surface area contributed by atoms with Gasteiger partial charge in [0.15, 0.2) is 0 Å². The summed E-state index contributed by atoms with van der Waals surface area (Å²) >= 11 is 0. The van der Waals surface area contributed by atoms with Crippen molar-refractivity contribution >= 4 is 21.8 Å². The molecule has 0 atom stereocenters. The SMILES string of the molecule is [CH2]c1cc2c([nH]c3ccccc32)c(C(C)C)n1. The first kappa shape index (κ1) is 10.3. The lowest BCUT2D eigenvalue weighted by atomic mass is 10.1. The van der Waals surface area contributed by atoms with E-state index in [9.17, 15) is 0 Å². The highest BCUT2D eigenvalue weighted by Gasteiger charge is 2.12. The monoisotopic (exact) mass is 223 g/mol. The van der Waals surface area contributed by atoms with Crippen molar-refractivity contribution in [3.8, 4) is 0 Å². The first-order chi connectivity index (χ1) is 8.16. The van der Waals surface area contributed by atoms with Crippen molar-refractivity contribution in [3.05, 3.63) is 48.6 Å². The molecule has 0 fully saturated rings. The fourth-order valence-electron chi connectivity index (χ4n) is 2.34. The van der Waals surface area contributed by atoms with E-state index in [1.165, 1.54) is 10.8 Å². The van der Waals surface area contributed by atoms with Gasteiger partial charge >= 0.3 is 0 Å². The van der Waals surface area contributed by atoms with Crippen LogP contribution in [0.2, 0.25) is 0 Å². The zero-order valence-electron chi connectivity index (χ0n) is 10.1. The Hall–Kier alpha value is -1.83. The number of benzene rings is 1. The number of nitrogens with zero attached hydrogens (tertiary/aromatic N) is 1. The summed E-state index contributed by atoms with van der Waals surface area (Å²) in [4.78, 5) is 8.02. The van der Waals surface area contributed by atoms with Gasteiger partial charge in [0, 0.05) is 22.0 Å². The second kappa shape index (κ2) is 3.59. The molecule has 3 rings (SSSR count). The molecule has 1 N–H and O–H groups in total. The Kier molecular flexibility index (Phi) is 2.18. The number of para-hydroxylation sites is 1. The van der Waals surface area contributed by atoms with Gasteiger partial charge in [-0.2, -0.15) is 0 Å². The second-order valence-electron chi connectivity index (χ2n) is 4.75. The molecule has 2 nitrogen and oxygen atoms in total. The van der Waals surface area contributed by atoms with Gasteiger partial charge in [0.1, 0.15) is 0 Å². The highest BCUT2D eigenvalue weighted by atomic mass is 14.8. The standard InChI is InChI=1S/C15H15N2/c1-9(2)14-15-12(8-10(3)16-14)11-6-4-5-7-13(11)17-15/h4-9,17H,3H2,1-2H3. The summed E-state index contributed by atoms with van der Waals surface area (Å²) in [5, 5.41) is 2.47. The maximum Gasteiger partial charge on any atom is 0.0686 e. The van der Waals surface area contributed by atoms with Crippen LogP contribution in [-0.2, 0) is 0 Å². The molecule has 0 spiro atoms. The average molecular weight is 223 g/mol. The first-order valence-corrected chi connectivity index (χ1v) is 5.90. The maximum atomic E-state index is 4.55. The van der Waals surface area contributed by atoms with Gasteiger partial charge in [-0.05, 0) is 25.0 Å². The Labute approximate surface area is 101 Å². The molecule has 0 saturated carbocycles. The Balaban J connectivity index is 2.51. The fourth-order valence-corrected chi connectivity index (χ4v) is 2.34. The van der Waals surface area contributed by atoms with Gasteiger partial charge < -0.3 is 4.98 Å². The van der Waals surface area contributed by atoms with Crippen LogP contribution in [0.25, 0.3) is 21.8 Å². The average Bonchev–Trinajstić information content (AvgIpc) is 2.66. The summed E-state index contributed by atoms with van der Waals surface area (Å²) in [7, 11) is 0. The molecule has 0 aliphatic rings. The topological polar surface area (TPSA) is 28.7 Å². The van der Waals surface area contributed by atoms with Gasteiger partial charge in [0.2, 0.25) is 0 Å². The van der Waals surface area contributed by atoms with Crippen LogP contribution < -0.4 is 0 Å². The van der Waals surface area contributed by atoms with Crippen molar-refractivity contribution in [3.63, 3.8) is 0 Å². The van der Waals surface area contributed by atoms with E-state index in [0.29, 0.717) is 5.92 Å². The smallest absolute Gasteiger partial charge is 0.0686 e. The van der Waals surface area contributed by atoms with Crippen molar-refractivity contribution in [1.29, 1.82) is 0 Å². The Morgan fingerprint density at radius 2 is 1.94 bits per heavy atom. The molecule has 2 aromatic heterocycles. The molecule has 1 radical (unpaired) electrons. The highest BCUT2D eigenvalue weighted by molar-refractivity contribution is 6.08. The van der Waals surface area contributed by atoms with Crippen molar-refractivity contribution in [2.24, 2.45) is 0 Å². The van der Waals surface area contributed by atoms with Crippen LogP contribution in [0.5, 0.6) is 0 Å². The van der Waals surface area contributed by atoms with E-state index in [2.05, 4.69) is 55.0 Å². The van der Waals surface area contributed by atoms with Gasteiger partial charge in [-0.15, -0.1) is 0 Å². The summed E-state index contributed by atoms with van der Waals surface area (Å²) in [6.45, 7) is 8.29. The number of hydrogen-bond donors (Lipinski definition) is 1. The van der Waals surface area contributed by atoms with Crippen molar-refractivity contribution in [2.45, 2.75) is 19.8 Å². The number of aromatic nitrogens is 2. The molecule has 0 aliphatic heterocycles.